The standard InChI is InChI=1S/C29H35N5O2/c1-5-14-33-27-17-22(12-13-23(27)19-30-33)28-18-24(20-36-29(3,4)21(2)35)31-34(28)26-11-7-6-10-25(26)32-15-8-9-16-32/h6-7,10-13,17-19H,5,8-9,14-16,20H2,1-4H3. The first-order valence-corrected chi connectivity index (χ1v) is 12.9. The predicted octanol–water partition coefficient (Wildman–Crippen LogP) is 5.78. The molecule has 7 heteroatoms. The van der Waals surface area contributed by atoms with Gasteiger partial charge >= 0.3 is 0 Å². The lowest BCUT2D eigenvalue weighted by molar-refractivity contribution is -0.139. The maximum absolute atomic E-state index is 12.0. The lowest BCUT2D eigenvalue weighted by atomic mass is 10.1. The van der Waals surface area contributed by atoms with Gasteiger partial charge in [0.05, 0.1) is 41.1 Å². The molecular weight excluding hydrogens is 450 g/mol. The number of Topliss-reactive ketones (excluding diaryl/α,β-unsaturated/α-hetero) is 1. The summed E-state index contributed by atoms with van der Waals surface area (Å²) in [6.07, 6.45) is 5.36. The van der Waals surface area contributed by atoms with Crippen LogP contribution in [0.25, 0.3) is 27.8 Å². The first kappa shape index (κ1) is 24.3. The minimum Gasteiger partial charge on any atom is -0.370 e. The Bertz CT molecular complexity index is 1380. The first-order valence-electron chi connectivity index (χ1n) is 12.9. The molecule has 3 heterocycles. The summed E-state index contributed by atoms with van der Waals surface area (Å²) in [6.45, 7) is 10.6. The van der Waals surface area contributed by atoms with E-state index in [0.29, 0.717) is 0 Å². The van der Waals surface area contributed by atoms with Gasteiger partial charge in [0.2, 0.25) is 0 Å². The third-order valence-corrected chi connectivity index (χ3v) is 7.12. The van der Waals surface area contributed by atoms with E-state index in [1.807, 2.05) is 10.9 Å². The fourth-order valence-corrected chi connectivity index (χ4v) is 4.73. The Balaban J connectivity index is 1.61. The summed E-state index contributed by atoms with van der Waals surface area (Å²) in [5, 5.41) is 10.7. The van der Waals surface area contributed by atoms with Crippen molar-refractivity contribution in [3.63, 3.8) is 0 Å². The maximum Gasteiger partial charge on any atom is 0.161 e. The SMILES string of the molecule is CCCn1ncc2ccc(-c3cc(COC(C)(C)C(C)=O)nn3-c3ccccc3N3CCCC3)cc21. The third kappa shape index (κ3) is 4.67. The number of rotatable bonds is 9. The largest absolute Gasteiger partial charge is 0.370 e. The van der Waals surface area contributed by atoms with Crippen molar-refractivity contribution in [1.29, 1.82) is 0 Å². The van der Waals surface area contributed by atoms with Gasteiger partial charge in [-0.15, -0.1) is 0 Å². The Morgan fingerprint density at radius 3 is 2.53 bits per heavy atom. The molecule has 0 aliphatic carbocycles. The quantitative estimate of drug-likeness (QED) is 0.301. The Kier molecular flexibility index (Phi) is 6.67. The summed E-state index contributed by atoms with van der Waals surface area (Å²) in [4.78, 5) is 14.5. The molecular formula is C29H35N5O2. The van der Waals surface area contributed by atoms with E-state index in [1.54, 1.807) is 20.8 Å². The third-order valence-electron chi connectivity index (χ3n) is 7.12. The average molecular weight is 486 g/mol. The second kappa shape index (κ2) is 9.90. The molecule has 36 heavy (non-hydrogen) atoms. The molecule has 1 aliphatic heterocycles. The monoisotopic (exact) mass is 485 g/mol. The summed E-state index contributed by atoms with van der Waals surface area (Å²) >= 11 is 0. The van der Waals surface area contributed by atoms with E-state index in [2.05, 4.69) is 70.1 Å². The number of ketones is 1. The number of benzene rings is 2. The molecule has 0 bridgehead atoms. The molecule has 4 aromatic rings. The fraction of sp³-hybridized carbons (Fsp3) is 0.414. The zero-order valence-electron chi connectivity index (χ0n) is 21.7. The van der Waals surface area contributed by atoms with Crippen LogP contribution in [0.4, 0.5) is 5.69 Å². The summed E-state index contributed by atoms with van der Waals surface area (Å²) in [5.41, 5.74) is 5.35. The number of aryl methyl sites for hydroxylation is 1. The number of fused-ring (bicyclic) bond motifs is 1. The van der Waals surface area contributed by atoms with Crippen LogP contribution in [0.1, 0.15) is 52.7 Å². The smallest absolute Gasteiger partial charge is 0.161 e. The van der Waals surface area contributed by atoms with Crippen molar-refractivity contribution in [2.45, 2.75) is 65.7 Å². The highest BCUT2D eigenvalue weighted by Gasteiger charge is 2.26. The molecule has 1 aliphatic rings. The van der Waals surface area contributed by atoms with Crippen LogP contribution < -0.4 is 4.90 Å². The van der Waals surface area contributed by atoms with Gasteiger partial charge in [-0.25, -0.2) is 4.68 Å². The van der Waals surface area contributed by atoms with Crippen LogP contribution in [0.5, 0.6) is 0 Å². The number of ether oxygens (including phenoxy) is 1. The average Bonchev–Trinajstić information content (AvgIpc) is 3.63. The second-order valence-corrected chi connectivity index (χ2v) is 10.1. The van der Waals surface area contributed by atoms with Gasteiger partial charge in [0.1, 0.15) is 5.60 Å². The molecule has 0 unspecified atom stereocenters. The number of nitrogens with zero attached hydrogens (tertiary/aromatic N) is 5. The molecule has 188 valence electrons. The van der Waals surface area contributed by atoms with Gasteiger partial charge in [-0.1, -0.05) is 31.2 Å². The van der Waals surface area contributed by atoms with Crippen molar-refractivity contribution < 1.29 is 9.53 Å². The van der Waals surface area contributed by atoms with Crippen LogP contribution in [0.3, 0.4) is 0 Å². The van der Waals surface area contributed by atoms with Crippen molar-refractivity contribution in [2.24, 2.45) is 0 Å². The van der Waals surface area contributed by atoms with Crippen molar-refractivity contribution in [1.82, 2.24) is 19.6 Å². The lowest BCUT2D eigenvalue weighted by Crippen LogP contribution is -2.32. The molecule has 0 amide bonds. The van der Waals surface area contributed by atoms with E-state index >= 15 is 0 Å². The molecule has 2 aromatic carbocycles. The number of anilines is 1. The molecule has 1 saturated heterocycles. The Morgan fingerprint density at radius 2 is 1.81 bits per heavy atom. The van der Waals surface area contributed by atoms with Crippen LogP contribution in [-0.4, -0.2) is 44.0 Å². The lowest BCUT2D eigenvalue weighted by Gasteiger charge is -2.22. The number of aromatic nitrogens is 4. The highest BCUT2D eigenvalue weighted by atomic mass is 16.5. The number of para-hydroxylation sites is 2. The van der Waals surface area contributed by atoms with Gasteiger partial charge in [0.15, 0.2) is 5.78 Å². The number of hydrogen-bond donors (Lipinski definition) is 0. The van der Waals surface area contributed by atoms with Crippen LogP contribution >= 0.6 is 0 Å². The Morgan fingerprint density at radius 1 is 1.06 bits per heavy atom. The summed E-state index contributed by atoms with van der Waals surface area (Å²) in [5.74, 6) is -0.00354. The second-order valence-electron chi connectivity index (χ2n) is 10.1. The molecule has 5 rings (SSSR count). The number of carbonyl (C=O) groups is 1. The molecule has 0 spiro atoms. The van der Waals surface area contributed by atoms with E-state index in [-0.39, 0.29) is 12.4 Å². The zero-order chi connectivity index (χ0) is 25.3. The van der Waals surface area contributed by atoms with Crippen molar-refractivity contribution in [3.05, 3.63) is 60.4 Å². The van der Waals surface area contributed by atoms with E-state index in [9.17, 15) is 4.79 Å². The van der Waals surface area contributed by atoms with Crippen molar-refractivity contribution in [3.8, 4) is 16.9 Å². The summed E-state index contributed by atoms with van der Waals surface area (Å²) < 4.78 is 10.1. The van der Waals surface area contributed by atoms with E-state index < -0.39 is 5.60 Å². The molecule has 0 saturated carbocycles. The van der Waals surface area contributed by atoms with Crippen LogP contribution in [0.2, 0.25) is 0 Å². The van der Waals surface area contributed by atoms with E-state index in [0.717, 1.165) is 59.6 Å². The number of carbonyl (C=O) groups excluding carboxylic acids is 1. The van der Waals surface area contributed by atoms with Gasteiger partial charge < -0.3 is 9.64 Å². The highest BCUT2D eigenvalue weighted by molar-refractivity contribution is 5.85. The first-order chi connectivity index (χ1) is 17.4. The topological polar surface area (TPSA) is 65.2 Å². The fourth-order valence-electron chi connectivity index (χ4n) is 4.73. The Hall–Kier alpha value is -3.45. The van der Waals surface area contributed by atoms with Gasteiger partial charge in [0, 0.05) is 30.6 Å². The molecule has 7 nitrogen and oxygen atoms in total. The highest BCUT2D eigenvalue weighted by Crippen LogP contribution is 2.33. The zero-order valence-corrected chi connectivity index (χ0v) is 21.7. The van der Waals surface area contributed by atoms with Crippen molar-refractivity contribution >= 4 is 22.4 Å². The molecule has 2 aromatic heterocycles. The minimum absolute atomic E-state index is 0.00354. The number of hydrogen-bond acceptors (Lipinski definition) is 5. The van der Waals surface area contributed by atoms with Crippen molar-refractivity contribution in [2.75, 3.05) is 18.0 Å². The minimum atomic E-state index is -0.858. The molecule has 0 N–H and O–H groups in total. The van der Waals surface area contributed by atoms with Gasteiger partial charge in [-0.3, -0.25) is 9.48 Å². The van der Waals surface area contributed by atoms with E-state index in [1.165, 1.54) is 18.5 Å². The van der Waals surface area contributed by atoms with Gasteiger partial charge in [-0.2, -0.15) is 10.2 Å². The predicted molar refractivity (Wildman–Crippen MR) is 144 cm³/mol. The molecule has 0 radical (unpaired) electrons. The maximum atomic E-state index is 12.0. The molecule has 0 atom stereocenters. The molecule has 1 fully saturated rings. The van der Waals surface area contributed by atoms with Gasteiger partial charge in [0.25, 0.3) is 0 Å². The van der Waals surface area contributed by atoms with Crippen LogP contribution in [0.15, 0.2) is 54.7 Å². The van der Waals surface area contributed by atoms with E-state index in [4.69, 9.17) is 9.84 Å². The normalized spacial score (nSPS) is 14.2. The summed E-state index contributed by atoms with van der Waals surface area (Å²) in [6, 6.07) is 17.0. The van der Waals surface area contributed by atoms with Crippen LogP contribution in [-0.2, 0) is 22.7 Å². The van der Waals surface area contributed by atoms with Gasteiger partial charge in [-0.05, 0) is 64.3 Å². The summed E-state index contributed by atoms with van der Waals surface area (Å²) in [7, 11) is 0. The Labute approximate surface area is 212 Å². The van der Waals surface area contributed by atoms with Crippen LogP contribution in [0, 0.1) is 0 Å².